The fraction of sp³-hybridized carbons (Fsp3) is 0.400. The van der Waals surface area contributed by atoms with E-state index in [-0.39, 0.29) is 0 Å². The van der Waals surface area contributed by atoms with Crippen molar-refractivity contribution >= 4 is 16.5 Å². The van der Waals surface area contributed by atoms with Crippen molar-refractivity contribution in [1.29, 1.82) is 0 Å². The second-order valence-corrected chi connectivity index (χ2v) is 4.06. The van der Waals surface area contributed by atoms with E-state index in [1.807, 2.05) is 29.1 Å². The first-order chi connectivity index (χ1) is 7.35. The molecule has 0 fully saturated rings. The van der Waals surface area contributed by atoms with Gasteiger partial charge in [-0.05, 0) is 26.0 Å². The zero-order valence-corrected chi connectivity index (χ0v) is 9.74. The quantitative estimate of drug-likeness (QED) is 0.795. The van der Waals surface area contributed by atoms with Crippen molar-refractivity contribution < 1.29 is 0 Å². The monoisotopic (exact) mass is 222 g/mol. The van der Waals surface area contributed by atoms with E-state index in [1.54, 1.807) is 11.3 Å². The molecular weight excluding hydrogens is 208 g/mol. The number of rotatable bonds is 4. The lowest BCUT2D eigenvalue weighted by Crippen LogP contribution is -2.21. The Balaban J connectivity index is 2.24. The van der Waals surface area contributed by atoms with Crippen LogP contribution in [0.2, 0.25) is 0 Å². The molecular formula is C10H14N4S. The third-order valence-corrected chi connectivity index (χ3v) is 3.26. The van der Waals surface area contributed by atoms with Crippen molar-refractivity contribution in [1.82, 2.24) is 14.8 Å². The van der Waals surface area contributed by atoms with Gasteiger partial charge in [0.25, 0.3) is 0 Å². The zero-order chi connectivity index (χ0) is 10.7. The van der Waals surface area contributed by atoms with Crippen LogP contribution in [-0.4, -0.2) is 27.9 Å². The number of aromatic nitrogens is 3. The van der Waals surface area contributed by atoms with Gasteiger partial charge in [0.05, 0.1) is 0 Å². The summed E-state index contributed by atoms with van der Waals surface area (Å²) in [6, 6.07) is 3.97. The minimum atomic E-state index is 0.918. The maximum absolute atomic E-state index is 4.19. The summed E-state index contributed by atoms with van der Waals surface area (Å²) < 4.78 is 1.98. The first kappa shape index (κ1) is 10.2. The molecule has 0 saturated carbocycles. The predicted octanol–water partition coefficient (Wildman–Crippen LogP) is 2.17. The fourth-order valence-electron chi connectivity index (χ4n) is 1.40. The Bertz CT molecular complexity index is 403. The van der Waals surface area contributed by atoms with E-state index in [9.17, 15) is 0 Å². The van der Waals surface area contributed by atoms with Crippen molar-refractivity contribution in [3.8, 4) is 5.13 Å². The van der Waals surface area contributed by atoms with E-state index in [0.717, 1.165) is 23.4 Å². The van der Waals surface area contributed by atoms with Gasteiger partial charge in [0.1, 0.15) is 0 Å². The van der Waals surface area contributed by atoms with Gasteiger partial charge >= 0.3 is 0 Å². The Hall–Kier alpha value is -1.36. The summed E-state index contributed by atoms with van der Waals surface area (Å²) in [5.74, 6) is 0. The number of anilines is 1. The normalized spacial score (nSPS) is 10.5. The molecule has 0 N–H and O–H groups in total. The second kappa shape index (κ2) is 4.44. The second-order valence-electron chi connectivity index (χ2n) is 3.13. The van der Waals surface area contributed by atoms with Crippen LogP contribution in [0.4, 0.5) is 5.13 Å². The highest BCUT2D eigenvalue weighted by molar-refractivity contribution is 7.17. The van der Waals surface area contributed by atoms with Gasteiger partial charge in [-0.2, -0.15) is 0 Å². The molecule has 2 heterocycles. The summed E-state index contributed by atoms with van der Waals surface area (Å²) in [6.45, 7) is 6.19. The van der Waals surface area contributed by atoms with Crippen LogP contribution < -0.4 is 4.90 Å². The molecule has 2 rings (SSSR count). The first-order valence-corrected chi connectivity index (χ1v) is 5.88. The van der Waals surface area contributed by atoms with E-state index >= 15 is 0 Å². The van der Waals surface area contributed by atoms with Crippen LogP contribution in [0.5, 0.6) is 0 Å². The van der Waals surface area contributed by atoms with Crippen molar-refractivity contribution in [2.24, 2.45) is 0 Å². The van der Waals surface area contributed by atoms with E-state index < -0.39 is 0 Å². The molecule has 0 amide bonds. The van der Waals surface area contributed by atoms with Gasteiger partial charge in [-0.1, -0.05) is 11.3 Å². The van der Waals surface area contributed by atoms with Crippen LogP contribution >= 0.6 is 11.3 Å². The average Bonchev–Trinajstić information content (AvgIpc) is 2.89. The molecule has 0 bridgehead atoms. The third kappa shape index (κ3) is 2.02. The minimum absolute atomic E-state index is 0.918. The van der Waals surface area contributed by atoms with Crippen molar-refractivity contribution in [2.45, 2.75) is 13.8 Å². The van der Waals surface area contributed by atoms with E-state index in [4.69, 9.17) is 0 Å². The van der Waals surface area contributed by atoms with Crippen molar-refractivity contribution in [3.05, 3.63) is 24.5 Å². The van der Waals surface area contributed by atoms with Crippen LogP contribution in [0.15, 0.2) is 24.5 Å². The molecule has 5 heteroatoms. The molecule has 0 unspecified atom stereocenters. The Morgan fingerprint density at radius 2 is 1.87 bits per heavy atom. The maximum Gasteiger partial charge on any atom is 0.218 e. The Labute approximate surface area is 93.2 Å². The molecule has 0 spiro atoms. The van der Waals surface area contributed by atoms with Gasteiger partial charge in [-0.15, -0.1) is 10.2 Å². The number of hydrogen-bond donors (Lipinski definition) is 0. The van der Waals surface area contributed by atoms with Crippen molar-refractivity contribution in [2.75, 3.05) is 18.0 Å². The molecule has 0 aliphatic rings. The lowest BCUT2D eigenvalue weighted by Gasteiger charge is -2.15. The summed E-state index contributed by atoms with van der Waals surface area (Å²) >= 11 is 1.61. The van der Waals surface area contributed by atoms with Crippen LogP contribution in [0, 0.1) is 0 Å². The zero-order valence-electron chi connectivity index (χ0n) is 8.92. The molecule has 2 aromatic rings. The molecule has 0 aromatic carbocycles. The summed E-state index contributed by atoms with van der Waals surface area (Å²) in [7, 11) is 0. The molecule has 0 saturated heterocycles. The summed E-state index contributed by atoms with van der Waals surface area (Å²) in [4.78, 5) is 2.20. The lowest BCUT2D eigenvalue weighted by molar-refractivity contribution is 0.842. The minimum Gasteiger partial charge on any atom is -0.347 e. The SMILES string of the molecule is CCN(CC)c1nnc(-n2cccc2)s1. The topological polar surface area (TPSA) is 34.0 Å². The summed E-state index contributed by atoms with van der Waals surface area (Å²) in [5.41, 5.74) is 0. The smallest absolute Gasteiger partial charge is 0.218 e. The van der Waals surface area contributed by atoms with E-state index in [2.05, 4.69) is 28.9 Å². The highest BCUT2D eigenvalue weighted by Gasteiger charge is 2.09. The van der Waals surface area contributed by atoms with Gasteiger partial charge in [0.15, 0.2) is 0 Å². The number of nitrogens with zero attached hydrogens (tertiary/aromatic N) is 4. The number of hydrogen-bond acceptors (Lipinski definition) is 4. The van der Waals surface area contributed by atoms with Crippen molar-refractivity contribution in [3.63, 3.8) is 0 Å². The van der Waals surface area contributed by atoms with Gasteiger partial charge in [0, 0.05) is 25.5 Å². The Kier molecular flexibility index (Phi) is 3.01. The van der Waals surface area contributed by atoms with Gasteiger partial charge in [0.2, 0.25) is 10.3 Å². The molecule has 4 nitrogen and oxygen atoms in total. The highest BCUT2D eigenvalue weighted by atomic mass is 32.1. The van der Waals surface area contributed by atoms with E-state index in [0.29, 0.717) is 0 Å². The Morgan fingerprint density at radius 3 is 2.47 bits per heavy atom. The van der Waals surface area contributed by atoms with Crippen LogP contribution in [0.1, 0.15) is 13.8 Å². The van der Waals surface area contributed by atoms with E-state index in [1.165, 1.54) is 0 Å². The largest absolute Gasteiger partial charge is 0.347 e. The summed E-state index contributed by atoms with van der Waals surface area (Å²) in [6.07, 6.45) is 3.96. The van der Waals surface area contributed by atoms with Crippen LogP contribution in [0.25, 0.3) is 5.13 Å². The van der Waals surface area contributed by atoms with Gasteiger partial charge in [-0.25, -0.2) is 0 Å². The van der Waals surface area contributed by atoms with Gasteiger partial charge < -0.3 is 4.90 Å². The molecule has 15 heavy (non-hydrogen) atoms. The standard InChI is InChI=1S/C10H14N4S/c1-3-13(4-2)9-11-12-10(15-9)14-7-5-6-8-14/h5-8H,3-4H2,1-2H3. The molecule has 2 aromatic heterocycles. The molecule has 0 radical (unpaired) electrons. The fourth-order valence-corrected chi connectivity index (χ4v) is 2.34. The average molecular weight is 222 g/mol. The maximum atomic E-state index is 4.19. The molecule has 0 aliphatic heterocycles. The highest BCUT2D eigenvalue weighted by Crippen LogP contribution is 2.22. The lowest BCUT2D eigenvalue weighted by atomic mass is 10.6. The third-order valence-electron chi connectivity index (χ3n) is 2.26. The molecule has 0 atom stereocenters. The summed E-state index contributed by atoms with van der Waals surface area (Å²) in [5, 5.41) is 10.3. The van der Waals surface area contributed by atoms with Crippen LogP contribution in [-0.2, 0) is 0 Å². The predicted molar refractivity (Wildman–Crippen MR) is 62.8 cm³/mol. The Morgan fingerprint density at radius 1 is 1.20 bits per heavy atom. The molecule has 80 valence electrons. The van der Waals surface area contributed by atoms with Crippen LogP contribution in [0.3, 0.4) is 0 Å². The van der Waals surface area contributed by atoms with Gasteiger partial charge in [-0.3, -0.25) is 4.57 Å². The molecule has 0 aliphatic carbocycles. The first-order valence-electron chi connectivity index (χ1n) is 5.07.